The van der Waals surface area contributed by atoms with Gasteiger partial charge in [0.25, 0.3) is 0 Å². The Bertz CT molecular complexity index is 1180. The van der Waals surface area contributed by atoms with Gasteiger partial charge in [0, 0.05) is 31.2 Å². The Labute approximate surface area is 192 Å². The molecule has 0 aromatic heterocycles. The predicted molar refractivity (Wildman–Crippen MR) is 141 cm³/mol. The summed E-state index contributed by atoms with van der Waals surface area (Å²) in [6, 6.07) is 24.0. The van der Waals surface area contributed by atoms with Crippen molar-refractivity contribution in [3.05, 3.63) is 96.0 Å². The first kappa shape index (κ1) is 23.2. The van der Waals surface area contributed by atoms with Crippen LogP contribution in [0, 0.1) is 0 Å². The molecule has 0 aliphatic carbocycles. The first-order chi connectivity index (χ1) is 15.4. The molecular weight excluding hydrogens is 390 g/mol. The van der Waals surface area contributed by atoms with E-state index in [-0.39, 0.29) is 0 Å². The number of likely N-dealkylation sites (N-methyl/N-ethyl adjacent to an activating group) is 1. The number of nitrogens with zero attached hydrogens (tertiary/aromatic N) is 3. The van der Waals surface area contributed by atoms with Crippen LogP contribution in [0.3, 0.4) is 0 Å². The van der Waals surface area contributed by atoms with Crippen molar-refractivity contribution in [1.29, 1.82) is 0 Å². The highest BCUT2D eigenvalue weighted by atomic mass is 15.1. The van der Waals surface area contributed by atoms with Gasteiger partial charge < -0.3 is 4.90 Å². The molecule has 0 saturated heterocycles. The van der Waals surface area contributed by atoms with E-state index in [1.807, 2.05) is 27.0 Å². The van der Waals surface area contributed by atoms with Crippen molar-refractivity contribution >= 4 is 22.7 Å². The van der Waals surface area contributed by atoms with Crippen LogP contribution in [0.2, 0.25) is 0 Å². The minimum atomic E-state index is 0.785. The highest BCUT2D eigenvalue weighted by Crippen LogP contribution is 2.25. The van der Waals surface area contributed by atoms with Gasteiger partial charge in [-0.25, -0.2) is 0 Å². The van der Waals surface area contributed by atoms with Crippen molar-refractivity contribution in [2.75, 3.05) is 13.6 Å². The molecule has 0 unspecified atom stereocenters. The minimum Gasteiger partial charge on any atom is -0.376 e. The normalized spacial score (nSPS) is 12.8. The van der Waals surface area contributed by atoms with Gasteiger partial charge in [0.2, 0.25) is 0 Å². The first-order valence-electron chi connectivity index (χ1n) is 11.1. The van der Waals surface area contributed by atoms with E-state index in [4.69, 9.17) is 0 Å². The van der Waals surface area contributed by atoms with Crippen LogP contribution in [-0.2, 0) is 6.42 Å². The molecule has 3 rings (SSSR count). The molecule has 3 aromatic rings. The van der Waals surface area contributed by atoms with Crippen LogP contribution in [0.15, 0.2) is 100 Å². The molecule has 0 amide bonds. The fraction of sp³-hybridized carbons (Fsp3) is 0.241. The molecule has 0 atom stereocenters. The van der Waals surface area contributed by atoms with Crippen molar-refractivity contribution in [1.82, 2.24) is 4.90 Å². The average molecular weight is 424 g/mol. The summed E-state index contributed by atoms with van der Waals surface area (Å²) in [6.07, 6.45) is 2.78. The zero-order valence-corrected chi connectivity index (χ0v) is 19.9. The lowest BCUT2D eigenvalue weighted by atomic mass is 10.00. The van der Waals surface area contributed by atoms with E-state index in [2.05, 4.69) is 102 Å². The fourth-order valence-corrected chi connectivity index (χ4v) is 3.80. The predicted octanol–water partition coefficient (Wildman–Crippen LogP) is 7.30. The summed E-state index contributed by atoms with van der Waals surface area (Å²) >= 11 is 0. The molecule has 32 heavy (non-hydrogen) atoms. The highest BCUT2D eigenvalue weighted by molar-refractivity contribution is 6.00. The smallest absolute Gasteiger partial charge is 0.102 e. The van der Waals surface area contributed by atoms with Gasteiger partial charge in [0.05, 0.1) is 5.71 Å². The first-order valence-corrected chi connectivity index (χ1v) is 11.1. The summed E-state index contributed by atoms with van der Waals surface area (Å²) in [5.74, 6) is 0. The van der Waals surface area contributed by atoms with Crippen LogP contribution in [0.25, 0.3) is 21.9 Å². The number of hydrogen-bond acceptors (Lipinski definition) is 3. The van der Waals surface area contributed by atoms with Gasteiger partial charge in [-0.3, -0.25) is 9.98 Å². The zero-order chi connectivity index (χ0) is 23.1. The van der Waals surface area contributed by atoms with Crippen molar-refractivity contribution in [3.8, 4) is 11.1 Å². The van der Waals surface area contributed by atoms with E-state index in [9.17, 15) is 0 Å². The summed E-state index contributed by atoms with van der Waals surface area (Å²) in [7, 11) is 2.11. The number of benzene rings is 3. The molecule has 0 aliphatic heterocycles. The Morgan fingerprint density at radius 1 is 0.906 bits per heavy atom. The molecule has 3 aromatic carbocycles. The molecule has 0 saturated carbocycles. The van der Waals surface area contributed by atoms with Crippen molar-refractivity contribution in [2.24, 2.45) is 9.98 Å². The van der Waals surface area contributed by atoms with E-state index in [1.54, 1.807) is 0 Å². The zero-order valence-electron chi connectivity index (χ0n) is 19.9. The second-order valence-electron chi connectivity index (χ2n) is 8.18. The third-order valence-electron chi connectivity index (χ3n) is 5.65. The number of fused-ring (bicyclic) bond motifs is 1. The monoisotopic (exact) mass is 423 g/mol. The SMILES string of the molecule is C=C(C)N=C(C)/C(N=CC)=C(\C)N(C)CCc1ccc(-c2ccc3ccccc3c2)cc1. The van der Waals surface area contributed by atoms with Crippen LogP contribution in [-0.4, -0.2) is 30.4 Å². The maximum Gasteiger partial charge on any atom is 0.102 e. The molecule has 0 spiro atoms. The molecule has 0 bridgehead atoms. The number of rotatable bonds is 8. The van der Waals surface area contributed by atoms with Crippen LogP contribution >= 0.6 is 0 Å². The lowest BCUT2D eigenvalue weighted by Crippen LogP contribution is -2.21. The third kappa shape index (κ3) is 5.82. The second kappa shape index (κ2) is 10.7. The summed E-state index contributed by atoms with van der Waals surface area (Å²) < 4.78 is 0. The summed E-state index contributed by atoms with van der Waals surface area (Å²) in [6.45, 7) is 12.7. The number of aliphatic imine (C=N–C) groups is 2. The van der Waals surface area contributed by atoms with Crippen LogP contribution in [0.5, 0.6) is 0 Å². The van der Waals surface area contributed by atoms with E-state index in [0.29, 0.717) is 0 Å². The Balaban J connectivity index is 1.71. The molecule has 164 valence electrons. The largest absolute Gasteiger partial charge is 0.376 e. The summed E-state index contributed by atoms with van der Waals surface area (Å²) in [4.78, 5) is 11.3. The highest BCUT2D eigenvalue weighted by Gasteiger charge is 2.10. The second-order valence-corrected chi connectivity index (χ2v) is 8.18. The molecule has 0 fully saturated rings. The maximum absolute atomic E-state index is 4.56. The van der Waals surface area contributed by atoms with Crippen molar-refractivity contribution in [2.45, 2.75) is 34.1 Å². The summed E-state index contributed by atoms with van der Waals surface area (Å²) in [5.41, 5.74) is 7.51. The van der Waals surface area contributed by atoms with E-state index >= 15 is 0 Å². The third-order valence-corrected chi connectivity index (χ3v) is 5.65. The molecule has 0 N–H and O–H groups in total. The van der Waals surface area contributed by atoms with Gasteiger partial charge in [-0.1, -0.05) is 67.2 Å². The molecule has 0 radical (unpaired) electrons. The average Bonchev–Trinajstić information content (AvgIpc) is 2.80. The van der Waals surface area contributed by atoms with Crippen LogP contribution in [0.4, 0.5) is 0 Å². The standard InChI is InChI=1S/C29H33N3/c1-7-30-29(22(4)31-21(2)3)23(5)32(6)19-18-24-12-14-26(15-13-24)28-17-16-25-10-8-9-11-27(25)20-28/h7-17,20H,2,18-19H2,1,3-6H3/b29-23-,30-7?,31-22?. The minimum absolute atomic E-state index is 0.785. The molecule has 0 aliphatic rings. The Morgan fingerprint density at radius 2 is 1.56 bits per heavy atom. The van der Waals surface area contributed by atoms with Crippen molar-refractivity contribution in [3.63, 3.8) is 0 Å². The quantitative estimate of drug-likeness (QED) is 0.349. The number of hydrogen-bond donors (Lipinski definition) is 0. The van der Waals surface area contributed by atoms with Gasteiger partial charge in [0.1, 0.15) is 5.70 Å². The number of allylic oxidation sites excluding steroid dienone is 3. The Morgan fingerprint density at radius 3 is 2.22 bits per heavy atom. The summed E-state index contributed by atoms with van der Waals surface area (Å²) in [5, 5.41) is 2.55. The van der Waals surface area contributed by atoms with Gasteiger partial charge in [0.15, 0.2) is 0 Å². The van der Waals surface area contributed by atoms with Gasteiger partial charge in [-0.2, -0.15) is 0 Å². The van der Waals surface area contributed by atoms with Gasteiger partial charge in [-0.05, 0) is 67.6 Å². The van der Waals surface area contributed by atoms with Gasteiger partial charge >= 0.3 is 0 Å². The lowest BCUT2D eigenvalue weighted by Gasteiger charge is -2.22. The van der Waals surface area contributed by atoms with E-state index in [0.717, 1.165) is 35.8 Å². The van der Waals surface area contributed by atoms with E-state index in [1.165, 1.54) is 27.5 Å². The lowest BCUT2D eigenvalue weighted by molar-refractivity contribution is 0.420. The van der Waals surface area contributed by atoms with Crippen LogP contribution < -0.4 is 0 Å². The van der Waals surface area contributed by atoms with Gasteiger partial charge in [-0.15, -0.1) is 0 Å². The molecule has 3 nitrogen and oxygen atoms in total. The Kier molecular flexibility index (Phi) is 7.77. The fourth-order valence-electron chi connectivity index (χ4n) is 3.80. The molecule has 3 heteroatoms. The topological polar surface area (TPSA) is 28.0 Å². The van der Waals surface area contributed by atoms with Crippen LogP contribution in [0.1, 0.15) is 33.3 Å². The van der Waals surface area contributed by atoms with E-state index < -0.39 is 0 Å². The van der Waals surface area contributed by atoms with Crippen molar-refractivity contribution < 1.29 is 0 Å². The molecule has 0 heterocycles. The Hall–Kier alpha value is -3.46. The maximum atomic E-state index is 4.56. The molecular formula is C29H33N3.